The highest BCUT2D eigenvalue weighted by Gasteiger charge is 2.41. The van der Waals surface area contributed by atoms with Gasteiger partial charge in [0.2, 0.25) is 0 Å². The number of hydrogen-bond donors (Lipinski definition) is 3. The number of urea groups is 1. The van der Waals surface area contributed by atoms with Gasteiger partial charge in [-0.3, -0.25) is 0 Å². The third-order valence-electron chi connectivity index (χ3n) is 3.79. The molecule has 0 spiro atoms. The van der Waals surface area contributed by atoms with Crippen molar-refractivity contribution in [3.05, 3.63) is 0 Å². The molecule has 1 aliphatic rings. The number of aliphatic carboxylic acids is 1. The summed E-state index contributed by atoms with van der Waals surface area (Å²) in [5, 5.41) is 14.9. The highest BCUT2D eigenvalue weighted by atomic mass is 16.4. The molecule has 1 saturated carbocycles. The van der Waals surface area contributed by atoms with Crippen LogP contribution in [-0.4, -0.2) is 28.7 Å². The zero-order valence-electron chi connectivity index (χ0n) is 11.3. The zero-order valence-corrected chi connectivity index (χ0v) is 11.3. The lowest BCUT2D eigenvalue weighted by molar-refractivity contribution is -0.145. The lowest BCUT2D eigenvalue weighted by Gasteiger charge is -2.34. The molecule has 0 radical (unpaired) electrons. The number of carboxylic acid groups (broad SMARTS) is 1. The number of rotatable bonds is 5. The van der Waals surface area contributed by atoms with Crippen molar-refractivity contribution in [1.82, 2.24) is 10.6 Å². The minimum Gasteiger partial charge on any atom is -0.480 e. The van der Waals surface area contributed by atoms with Crippen molar-refractivity contribution in [3.8, 4) is 0 Å². The number of carbonyl (C=O) groups excluding carboxylic acids is 1. The Balaban J connectivity index is 2.61. The van der Waals surface area contributed by atoms with Gasteiger partial charge in [0.05, 0.1) is 0 Å². The first-order valence-corrected chi connectivity index (χ1v) is 6.86. The molecule has 2 amide bonds. The highest BCUT2D eigenvalue weighted by Crippen LogP contribution is 2.28. The molecule has 0 aromatic rings. The van der Waals surface area contributed by atoms with Crippen molar-refractivity contribution in [1.29, 1.82) is 0 Å². The molecule has 0 aromatic carbocycles. The van der Waals surface area contributed by atoms with Crippen LogP contribution in [0.2, 0.25) is 0 Å². The van der Waals surface area contributed by atoms with Crippen molar-refractivity contribution in [2.24, 2.45) is 0 Å². The molecule has 0 unspecified atom stereocenters. The van der Waals surface area contributed by atoms with Crippen molar-refractivity contribution < 1.29 is 14.7 Å². The van der Waals surface area contributed by atoms with E-state index in [2.05, 4.69) is 10.6 Å². The summed E-state index contributed by atoms with van der Waals surface area (Å²) in [5.41, 5.74) is -1.06. The van der Waals surface area contributed by atoms with E-state index in [1.807, 2.05) is 13.8 Å². The van der Waals surface area contributed by atoms with Crippen molar-refractivity contribution in [3.63, 3.8) is 0 Å². The number of hydrogen-bond acceptors (Lipinski definition) is 2. The van der Waals surface area contributed by atoms with Gasteiger partial charge in [0.15, 0.2) is 0 Å². The van der Waals surface area contributed by atoms with Gasteiger partial charge in [0.25, 0.3) is 0 Å². The van der Waals surface area contributed by atoms with Crippen LogP contribution in [0.1, 0.15) is 58.8 Å². The van der Waals surface area contributed by atoms with E-state index >= 15 is 0 Å². The third kappa shape index (κ3) is 3.62. The monoisotopic (exact) mass is 256 g/mol. The quantitative estimate of drug-likeness (QED) is 0.706. The van der Waals surface area contributed by atoms with Gasteiger partial charge in [0, 0.05) is 6.04 Å². The molecule has 0 aromatic heterocycles. The Morgan fingerprint density at radius 1 is 1.17 bits per heavy atom. The summed E-state index contributed by atoms with van der Waals surface area (Å²) < 4.78 is 0. The Morgan fingerprint density at radius 3 is 2.17 bits per heavy atom. The largest absolute Gasteiger partial charge is 0.480 e. The number of amides is 2. The van der Waals surface area contributed by atoms with Gasteiger partial charge in [-0.2, -0.15) is 0 Å². The number of carboxylic acids is 1. The number of nitrogens with one attached hydrogen (secondary N) is 2. The normalized spacial score (nSPS) is 18.4. The van der Waals surface area contributed by atoms with Crippen LogP contribution < -0.4 is 10.6 Å². The van der Waals surface area contributed by atoms with Crippen LogP contribution in [0.3, 0.4) is 0 Å². The highest BCUT2D eigenvalue weighted by molar-refractivity contribution is 5.86. The molecule has 1 aliphatic carbocycles. The van der Waals surface area contributed by atoms with Crippen molar-refractivity contribution in [2.75, 3.05) is 0 Å². The molecule has 0 heterocycles. The fourth-order valence-corrected chi connectivity index (χ4v) is 2.48. The Kier molecular flexibility index (Phi) is 5.44. The van der Waals surface area contributed by atoms with E-state index < -0.39 is 11.5 Å². The molecule has 0 aliphatic heterocycles. The molecule has 0 atom stereocenters. The summed E-state index contributed by atoms with van der Waals surface area (Å²) in [7, 11) is 0. The smallest absolute Gasteiger partial charge is 0.329 e. The minimum atomic E-state index is -1.06. The summed E-state index contributed by atoms with van der Waals surface area (Å²) >= 11 is 0. The summed E-state index contributed by atoms with van der Waals surface area (Å²) in [6.07, 6.45) is 5.52. The minimum absolute atomic E-state index is 0.111. The molecule has 3 N–H and O–H groups in total. The van der Waals surface area contributed by atoms with Crippen LogP contribution in [0.15, 0.2) is 0 Å². The second-order valence-corrected chi connectivity index (χ2v) is 5.06. The van der Waals surface area contributed by atoms with Gasteiger partial charge in [-0.25, -0.2) is 9.59 Å². The molecule has 104 valence electrons. The molecule has 0 saturated heterocycles. The maximum absolute atomic E-state index is 11.9. The second kappa shape index (κ2) is 6.61. The topological polar surface area (TPSA) is 78.4 Å². The standard InChI is InChI=1S/C13H24N2O3/c1-3-10(4-2)14-12(18)15-13(11(16)17)8-6-5-7-9-13/h10H,3-9H2,1-2H3,(H,16,17)(H2,14,15,18). The Hall–Kier alpha value is -1.26. The van der Waals surface area contributed by atoms with E-state index in [0.717, 1.165) is 32.1 Å². The van der Waals surface area contributed by atoms with Crippen molar-refractivity contribution in [2.45, 2.75) is 70.4 Å². The van der Waals surface area contributed by atoms with Crippen LogP contribution in [0, 0.1) is 0 Å². The fraction of sp³-hybridized carbons (Fsp3) is 0.846. The molecule has 1 rings (SSSR count). The van der Waals surface area contributed by atoms with Gasteiger partial charge in [-0.1, -0.05) is 33.1 Å². The van der Waals surface area contributed by atoms with Gasteiger partial charge in [-0.05, 0) is 25.7 Å². The van der Waals surface area contributed by atoms with Gasteiger partial charge < -0.3 is 15.7 Å². The third-order valence-corrected chi connectivity index (χ3v) is 3.79. The predicted molar refractivity (Wildman–Crippen MR) is 69.5 cm³/mol. The predicted octanol–water partition coefficient (Wildman–Crippen LogP) is 2.26. The summed E-state index contributed by atoms with van der Waals surface area (Å²) in [4.78, 5) is 23.3. The summed E-state index contributed by atoms with van der Waals surface area (Å²) in [6.45, 7) is 4.00. The zero-order chi connectivity index (χ0) is 13.6. The van der Waals surface area contributed by atoms with Gasteiger partial charge >= 0.3 is 12.0 Å². The van der Waals surface area contributed by atoms with Crippen LogP contribution in [0.5, 0.6) is 0 Å². The Bertz CT molecular complexity index is 295. The molecule has 0 bridgehead atoms. The number of carbonyl (C=O) groups is 2. The van der Waals surface area contributed by atoms with Crippen LogP contribution >= 0.6 is 0 Å². The molecule has 18 heavy (non-hydrogen) atoms. The Morgan fingerprint density at radius 2 is 1.72 bits per heavy atom. The van der Waals surface area contributed by atoms with Crippen LogP contribution in [-0.2, 0) is 4.79 Å². The SMILES string of the molecule is CCC(CC)NC(=O)NC1(C(=O)O)CCCCC1. The second-order valence-electron chi connectivity index (χ2n) is 5.06. The fourth-order valence-electron chi connectivity index (χ4n) is 2.48. The average Bonchev–Trinajstić information content (AvgIpc) is 2.36. The van der Waals surface area contributed by atoms with Crippen LogP contribution in [0.4, 0.5) is 4.79 Å². The van der Waals surface area contributed by atoms with E-state index in [-0.39, 0.29) is 12.1 Å². The van der Waals surface area contributed by atoms with E-state index in [1.54, 1.807) is 0 Å². The summed E-state index contributed by atoms with van der Waals surface area (Å²) in [6, 6.07) is -0.243. The maximum Gasteiger partial charge on any atom is 0.329 e. The first kappa shape index (κ1) is 14.8. The molecule has 5 heteroatoms. The summed E-state index contributed by atoms with van der Waals surface area (Å²) in [5.74, 6) is -0.915. The molecular formula is C13H24N2O3. The van der Waals surface area contributed by atoms with E-state index in [1.165, 1.54) is 0 Å². The van der Waals surface area contributed by atoms with Gasteiger partial charge in [-0.15, -0.1) is 0 Å². The average molecular weight is 256 g/mol. The Labute approximate surface area is 108 Å². The van der Waals surface area contributed by atoms with Gasteiger partial charge in [0.1, 0.15) is 5.54 Å². The van der Waals surface area contributed by atoms with E-state index in [4.69, 9.17) is 0 Å². The maximum atomic E-state index is 11.9. The van der Waals surface area contributed by atoms with E-state index in [0.29, 0.717) is 12.8 Å². The molecule has 5 nitrogen and oxygen atoms in total. The first-order chi connectivity index (χ1) is 8.54. The lowest BCUT2D eigenvalue weighted by atomic mass is 9.82. The lowest BCUT2D eigenvalue weighted by Crippen LogP contribution is -2.59. The van der Waals surface area contributed by atoms with Crippen molar-refractivity contribution >= 4 is 12.0 Å². The van der Waals surface area contributed by atoms with E-state index in [9.17, 15) is 14.7 Å². The molecule has 1 fully saturated rings. The first-order valence-electron chi connectivity index (χ1n) is 6.86. The molecular weight excluding hydrogens is 232 g/mol. The van der Waals surface area contributed by atoms with Crippen LogP contribution in [0.25, 0.3) is 0 Å².